The van der Waals surface area contributed by atoms with Gasteiger partial charge in [-0.2, -0.15) is 5.10 Å². The number of hydrogen-bond donors (Lipinski definition) is 3. The van der Waals surface area contributed by atoms with Crippen LogP contribution in [0.2, 0.25) is 0 Å². The Morgan fingerprint density at radius 2 is 1.54 bits per heavy atom. The van der Waals surface area contributed by atoms with E-state index in [0.29, 0.717) is 107 Å². The number of anilines is 1. The molecule has 2 aliphatic heterocycles. The van der Waals surface area contributed by atoms with Crippen molar-refractivity contribution in [1.82, 2.24) is 30.2 Å². The second-order valence-electron chi connectivity index (χ2n) is 22.3. The minimum absolute atomic E-state index is 0.000994. The molecule has 0 spiro atoms. The van der Waals surface area contributed by atoms with E-state index >= 15 is 0 Å². The lowest BCUT2D eigenvalue weighted by Gasteiger charge is -2.37. The van der Waals surface area contributed by atoms with E-state index < -0.39 is 29.6 Å². The van der Waals surface area contributed by atoms with Crippen LogP contribution in [-0.2, 0) is 32.6 Å². The monoisotopic (exact) mass is 1210 g/mol. The number of methoxy groups -OCH3 is 5. The van der Waals surface area contributed by atoms with Gasteiger partial charge in [0, 0.05) is 50.4 Å². The SMILES string of the molecule is CC[C@H](C(=O)N1CCCC[C@H]1C(=O)O[C@H](CCc1ccc(OC)c(OC)c1)c1cccc(OCC(=O)NCC(C)CC(C)(C)NC(=O)c2ccc([C@H]3C[C@@H](Nc4cnn(C)c(=O)c4Br)CN(C)C3)cc2)c1)c1cc(OC)c(OC)c(OC)c1. The summed E-state index contributed by atoms with van der Waals surface area (Å²) in [5, 5.41) is 13.9. The molecule has 83 heavy (non-hydrogen) atoms. The molecule has 3 amide bonds. The number of esters is 1. The van der Waals surface area contributed by atoms with Gasteiger partial charge in [0.2, 0.25) is 11.7 Å². The Bertz CT molecular complexity index is 3070. The highest BCUT2D eigenvalue weighted by molar-refractivity contribution is 9.10. The normalized spacial score (nSPS) is 17.5. The van der Waals surface area contributed by atoms with E-state index in [0.717, 1.165) is 43.5 Å². The van der Waals surface area contributed by atoms with Crippen LogP contribution in [0.3, 0.4) is 0 Å². The lowest BCUT2D eigenvalue weighted by atomic mass is 9.87. The van der Waals surface area contributed by atoms with Gasteiger partial charge in [-0.3, -0.25) is 19.2 Å². The van der Waals surface area contributed by atoms with Crippen LogP contribution in [0.4, 0.5) is 5.69 Å². The second kappa shape index (κ2) is 29.3. The summed E-state index contributed by atoms with van der Waals surface area (Å²) in [7, 11) is 11.4. The molecule has 7 rings (SSSR count). The van der Waals surface area contributed by atoms with Crippen molar-refractivity contribution in [3.05, 3.63) is 128 Å². The Morgan fingerprint density at radius 1 is 0.831 bits per heavy atom. The van der Waals surface area contributed by atoms with Gasteiger partial charge >= 0.3 is 5.97 Å². The van der Waals surface area contributed by atoms with Gasteiger partial charge in [-0.05, 0) is 171 Å². The Kier molecular flexibility index (Phi) is 22.3. The van der Waals surface area contributed by atoms with E-state index in [9.17, 15) is 24.0 Å². The van der Waals surface area contributed by atoms with Crippen molar-refractivity contribution in [2.24, 2.45) is 13.0 Å². The molecule has 5 aromatic rings. The number of likely N-dealkylation sites (tertiary alicyclic amines) is 2. The van der Waals surface area contributed by atoms with Gasteiger partial charge in [0.05, 0.1) is 53.4 Å². The molecule has 2 saturated heterocycles. The number of nitrogens with one attached hydrogen (secondary N) is 3. The van der Waals surface area contributed by atoms with E-state index in [4.69, 9.17) is 33.2 Å². The molecule has 0 radical (unpaired) electrons. The molecule has 0 bridgehead atoms. The molecule has 0 aliphatic carbocycles. The molecule has 1 aromatic heterocycles. The molecular formula is C63H82BrN7O12. The number of carbonyl (C=O) groups excluding carboxylic acids is 4. The maximum absolute atomic E-state index is 14.6. The van der Waals surface area contributed by atoms with Crippen molar-refractivity contribution >= 4 is 45.3 Å². The highest BCUT2D eigenvalue weighted by atomic mass is 79.9. The fourth-order valence-corrected chi connectivity index (χ4v) is 11.9. The van der Waals surface area contributed by atoms with E-state index in [1.54, 1.807) is 62.7 Å². The van der Waals surface area contributed by atoms with Crippen molar-refractivity contribution < 1.29 is 52.3 Å². The second-order valence-corrected chi connectivity index (χ2v) is 23.1. The third kappa shape index (κ3) is 16.5. The first-order chi connectivity index (χ1) is 39.8. The highest BCUT2D eigenvalue weighted by Gasteiger charge is 2.38. The molecule has 3 heterocycles. The average molecular weight is 1210 g/mol. The van der Waals surface area contributed by atoms with E-state index in [-0.39, 0.29) is 47.8 Å². The zero-order chi connectivity index (χ0) is 60.0. The smallest absolute Gasteiger partial charge is 0.329 e. The molecule has 4 aromatic carbocycles. The van der Waals surface area contributed by atoms with E-state index in [1.165, 1.54) is 26.0 Å². The van der Waals surface area contributed by atoms with Gasteiger partial charge in [-0.1, -0.05) is 44.2 Å². The number of rotatable bonds is 26. The fourth-order valence-electron chi connectivity index (χ4n) is 11.4. The first kappa shape index (κ1) is 63.3. The molecule has 448 valence electrons. The molecule has 0 saturated carbocycles. The first-order valence-electron chi connectivity index (χ1n) is 28.4. The largest absolute Gasteiger partial charge is 0.493 e. The molecule has 1 unspecified atom stereocenters. The summed E-state index contributed by atoms with van der Waals surface area (Å²) < 4.78 is 42.1. The van der Waals surface area contributed by atoms with Crippen LogP contribution in [0.1, 0.15) is 123 Å². The lowest BCUT2D eigenvalue weighted by Crippen LogP contribution is -2.50. The van der Waals surface area contributed by atoms with Gasteiger partial charge in [-0.15, -0.1) is 0 Å². The number of ether oxygens (including phenoxy) is 7. The van der Waals surface area contributed by atoms with Gasteiger partial charge in [0.1, 0.15) is 22.4 Å². The number of carbonyl (C=O) groups is 4. The predicted molar refractivity (Wildman–Crippen MR) is 321 cm³/mol. The fraction of sp³-hybridized carbons (Fsp3) is 0.492. The van der Waals surface area contributed by atoms with Crippen LogP contribution in [0.25, 0.3) is 0 Å². The molecule has 19 nitrogen and oxygen atoms in total. The van der Waals surface area contributed by atoms with Crippen LogP contribution in [0.15, 0.2) is 94.3 Å². The summed E-state index contributed by atoms with van der Waals surface area (Å²) in [6.45, 7) is 10.0. The van der Waals surface area contributed by atoms with Crippen molar-refractivity contribution in [1.29, 1.82) is 0 Å². The minimum atomic E-state index is -0.822. The van der Waals surface area contributed by atoms with Gasteiger partial charge < -0.3 is 58.9 Å². The third-order valence-corrected chi connectivity index (χ3v) is 16.3. The summed E-state index contributed by atoms with van der Waals surface area (Å²) in [6, 6.07) is 23.4. The van der Waals surface area contributed by atoms with E-state index in [2.05, 4.69) is 48.9 Å². The number of halogens is 1. The quantitative estimate of drug-likeness (QED) is 0.0441. The third-order valence-electron chi connectivity index (χ3n) is 15.5. The van der Waals surface area contributed by atoms with Crippen molar-refractivity contribution in [3.8, 4) is 34.5 Å². The van der Waals surface area contributed by atoms with Crippen LogP contribution in [0.5, 0.6) is 34.5 Å². The summed E-state index contributed by atoms with van der Waals surface area (Å²) in [5.41, 5.74) is 3.82. The Morgan fingerprint density at radius 3 is 2.22 bits per heavy atom. The number of likely N-dealkylation sites (N-methyl/N-ethyl adjacent to an activating group) is 1. The van der Waals surface area contributed by atoms with Gasteiger partial charge in [0.15, 0.2) is 29.6 Å². The molecule has 2 aliphatic rings. The summed E-state index contributed by atoms with van der Waals surface area (Å²) in [4.78, 5) is 72.5. The van der Waals surface area contributed by atoms with Crippen LogP contribution >= 0.6 is 15.9 Å². The van der Waals surface area contributed by atoms with Crippen molar-refractivity contribution in [3.63, 3.8) is 0 Å². The highest BCUT2D eigenvalue weighted by Crippen LogP contribution is 2.42. The average Bonchev–Trinajstić information content (AvgIpc) is 3.69. The number of aryl methyl sites for hydroxylation is 2. The molecule has 20 heteroatoms. The van der Waals surface area contributed by atoms with Crippen LogP contribution in [-0.4, -0.2) is 136 Å². The number of piperidine rings is 2. The number of benzene rings is 4. The van der Waals surface area contributed by atoms with Crippen LogP contribution in [0, 0.1) is 5.92 Å². The zero-order valence-corrected chi connectivity index (χ0v) is 51.4. The van der Waals surface area contributed by atoms with E-state index in [1.807, 2.05) is 76.2 Å². The van der Waals surface area contributed by atoms with Crippen LogP contribution < -0.4 is 49.9 Å². The minimum Gasteiger partial charge on any atom is -0.493 e. The Balaban J connectivity index is 0.951. The zero-order valence-electron chi connectivity index (χ0n) is 49.8. The standard InChI is InChI=1S/C63H82BrN7O12/c1-12-48(44-31-54(79-9)58(81-11)55(32-44)80-10)60(74)71-27-14-13-18-50(71)62(76)83-51(25-19-40-20-26-52(77-7)53(28-40)78-8)43-16-15-17-47(30-43)82-38-56(72)65-34-39(2)33-63(3,4)68-59(73)42-23-21-41(22-24-42)45-29-46(37-69(5)36-45)67-49-35-66-70(6)61(75)57(49)64/h15-17,20-24,26,28,30-32,35,39,45-46,48,50-51,67H,12-14,18-19,25,27,29,33-34,36-38H2,1-11H3,(H,65,72)(H,68,73)/t39?,45-,46+,48-,50-,51+/m0/s1. The maximum Gasteiger partial charge on any atom is 0.329 e. The van der Waals surface area contributed by atoms with Gasteiger partial charge in [-0.25, -0.2) is 9.48 Å². The molecule has 3 N–H and O–H groups in total. The van der Waals surface area contributed by atoms with Crippen molar-refractivity contribution in [2.75, 3.05) is 80.7 Å². The number of nitrogens with zero attached hydrogens (tertiary/aromatic N) is 4. The van der Waals surface area contributed by atoms with Gasteiger partial charge in [0.25, 0.3) is 17.4 Å². The lowest BCUT2D eigenvalue weighted by molar-refractivity contribution is -0.162. The molecule has 6 atom stereocenters. The maximum atomic E-state index is 14.6. The molecule has 2 fully saturated rings. The topological polar surface area (TPSA) is 210 Å². The summed E-state index contributed by atoms with van der Waals surface area (Å²) in [6.07, 6.45) is 5.60. The number of hydrogen-bond acceptors (Lipinski definition) is 15. The number of aromatic nitrogens is 2. The Hall–Kier alpha value is -7.32. The first-order valence-corrected chi connectivity index (χ1v) is 29.2. The summed E-state index contributed by atoms with van der Waals surface area (Å²) >= 11 is 3.43. The predicted octanol–water partition coefficient (Wildman–Crippen LogP) is 9.01. The number of amides is 3. The molecular weight excluding hydrogens is 1130 g/mol. The summed E-state index contributed by atoms with van der Waals surface area (Å²) in [5.74, 6) is 1.27. The Labute approximate surface area is 496 Å². The van der Waals surface area contributed by atoms with Crippen molar-refractivity contribution in [2.45, 2.75) is 115 Å².